The zero-order valence-corrected chi connectivity index (χ0v) is 13.9. The Hall–Kier alpha value is -2.87. The predicted octanol–water partition coefficient (Wildman–Crippen LogP) is 2.34. The Kier molecular flexibility index (Phi) is 5.91. The van der Waals surface area contributed by atoms with Gasteiger partial charge in [0.15, 0.2) is 11.3 Å². The van der Waals surface area contributed by atoms with Crippen LogP contribution in [-0.4, -0.2) is 24.4 Å². The number of nitrogens with one attached hydrogen (secondary N) is 1. The van der Waals surface area contributed by atoms with Crippen molar-refractivity contribution >= 4 is 45.5 Å². The number of hydrogen-bond donors (Lipinski definition) is 2. The number of nitrogens with two attached hydrogens (primary N) is 1. The number of esters is 1. The third-order valence-corrected chi connectivity index (χ3v) is 3.22. The summed E-state index contributed by atoms with van der Waals surface area (Å²) < 4.78 is 10.5. The fourth-order valence-corrected chi connectivity index (χ4v) is 2.07. The number of ether oxygens (including phenoxy) is 1. The molecular formula is C16H13BrN2O5. The molecule has 2 amide bonds. The number of hydrogen-bond acceptors (Lipinski definition) is 5. The molecule has 0 aliphatic carbocycles. The van der Waals surface area contributed by atoms with E-state index in [4.69, 9.17) is 14.9 Å². The quantitative estimate of drug-likeness (QED) is 0.578. The number of primary amides is 1. The lowest BCUT2D eigenvalue weighted by atomic mass is 10.1. The largest absolute Gasteiger partial charge is 0.452 e. The lowest BCUT2D eigenvalue weighted by molar-refractivity contribution is -0.142. The standard InChI is InChI=1S/C16H13BrN2O5/c17-13-7-5-10(24-13)6-8-15(21)23-9-14(20)19-12-4-2-1-3-11(12)16(18)22/h1-8H,9H2,(H2,18,22)(H,19,20)/b8-6+. The molecule has 0 unspecified atom stereocenters. The van der Waals surface area contributed by atoms with Crippen molar-refractivity contribution in [1.82, 2.24) is 0 Å². The van der Waals surface area contributed by atoms with Gasteiger partial charge in [0.05, 0.1) is 11.3 Å². The van der Waals surface area contributed by atoms with Crippen LogP contribution in [0.3, 0.4) is 0 Å². The van der Waals surface area contributed by atoms with Gasteiger partial charge >= 0.3 is 5.97 Å². The first kappa shape index (κ1) is 17.5. The lowest BCUT2D eigenvalue weighted by Gasteiger charge is -2.08. The number of rotatable bonds is 6. The fourth-order valence-electron chi connectivity index (χ4n) is 1.75. The molecular weight excluding hydrogens is 380 g/mol. The van der Waals surface area contributed by atoms with E-state index in [1.807, 2.05) is 0 Å². The van der Waals surface area contributed by atoms with E-state index in [1.54, 1.807) is 24.3 Å². The zero-order chi connectivity index (χ0) is 17.5. The number of benzene rings is 1. The molecule has 0 aliphatic rings. The van der Waals surface area contributed by atoms with Crippen molar-refractivity contribution in [3.05, 3.63) is 58.5 Å². The summed E-state index contributed by atoms with van der Waals surface area (Å²) in [7, 11) is 0. The van der Waals surface area contributed by atoms with Gasteiger partial charge in [-0.15, -0.1) is 0 Å². The van der Waals surface area contributed by atoms with Crippen molar-refractivity contribution in [3.63, 3.8) is 0 Å². The smallest absolute Gasteiger partial charge is 0.331 e. The molecule has 1 heterocycles. The second kappa shape index (κ2) is 8.11. The molecule has 0 saturated heterocycles. The molecule has 7 nitrogen and oxygen atoms in total. The van der Waals surface area contributed by atoms with Crippen LogP contribution in [0.25, 0.3) is 6.08 Å². The van der Waals surface area contributed by atoms with Crippen molar-refractivity contribution in [2.45, 2.75) is 0 Å². The van der Waals surface area contributed by atoms with Gasteiger partial charge in [-0.05, 0) is 46.3 Å². The van der Waals surface area contributed by atoms with E-state index in [1.165, 1.54) is 18.2 Å². The van der Waals surface area contributed by atoms with Crippen molar-refractivity contribution in [1.29, 1.82) is 0 Å². The molecule has 0 bridgehead atoms. The fraction of sp³-hybridized carbons (Fsp3) is 0.0625. The molecule has 0 saturated carbocycles. The Bertz CT molecular complexity index is 797. The third kappa shape index (κ3) is 5.10. The Morgan fingerprint density at radius 2 is 1.96 bits per heavy atom. The molecule has 1 aromatic carbocycles. The minimum Gasteiger partial charge on any atom is -0.452 e. The highest BCUT2D eigenvalue weighted by atomic mass is 79.9. The van der Waals surface area contributed by atoms with E-state index in [9.17, 15) is 14.4 Å². The van der Waals surface area contributed by atoms with Crippen molar-refractivity contribution in [2.75, 3.05) is 11.9 Å². The molecule has 1 aromatic heterocycles. The summed E-state index contributed by atoms with van der Waals surface area (Å²) >= 11 is 3.13. The summed E-state index contributed by atoms with van der Waals surface area (Å²) in [6.07, 6.45) is 2.54. The highest BCUT2D eigenvalue weighted by molar-refractivity contribution is 9.10. The topological polar surface area (TPSA) is 112 Å². The highest BCUT2D eigenvalue weighted by Gasteiger charge is 2.11. The van der Waals surface area contributed by atoms with E-state index >= 15 is 0 Å². The first-order chi connectivity index (χ1) is 11.5. The van der Waals surface area contributed by atoms with E-state index in [2.05, 4.69) is 21.2 Å². The summed E-state index contributed by atoms with van der Waals surface area (Å²) in [5, 5.41) is 2.46. The molecule has 3 N–H and O–H groups in total. The van der Waals surface area contributed by atoms with Gasteiger partial charge in [0.1, 0.15) is 5.76 Å². The number of amides is 2. The van der Waals surface area contributed by atoms with Crippen LogP contribution in [0.4, 0.5) is 5.69 Å². The predicted molar refractivity (Wildman–Crippen MR) is 90.0 cm³/mol. The van der Waals surface area contributed by atoms with Gasteiger partial charge in [-0.3, -0.25) is 9.59 Å². The molecule has 8 heteroatoms. The van der Waals surface area contributed by atoms with Crippen molar-refractivity contribution in [2.24, 2.45) is 5.73 Å². The number of anilines is 1. The van der Waals surface area contributed by atoms with E-state index in [0.29, 0.717) is 10.4 Å². The van der Waals surface area contributed by atoms with Crippen LogP contribution >= 0.6 is 15.9 Å². The number of furan rings is 1. The first-order valence-corrected chi connectivity index (χ1v) is 7.54. The van der Waals surface area contributed by atoms with Gasteiger partial charge in [-0.1, -0.05) is 12.1 Å². The Labute approximate surface area is 145 Å². The maximum Gasteiger partial charge on any atom is 0.331 e. The van der Waals surface area contributed by atoms with Gasteiger partial charge < -0.3 is 20.2 Å². The van der Waals surface area contributed by atoms with Gasteiger partial charge in [-0.25, -0.2) is 4.79 Å². The molecule has 2 rings (SSSR count). The number of halogens is 1. The molecule has 0 aliphatic heterocycles. The molecule has 0 atom stereocenters. The molecule has 124 valence electrons. The normalized spacial score (nSPS) is 10.5. The Balaban J connectivity index is 1.86. The van der Waals surface area contributed by atoms with Crippen LogP contribution in [0, 0.1) is 0 Å². The first-order valence-electron chi connectivity index (χ1n) is 6.74. The van der Waals surface area contributed by atoms with E-state index in [0.717, 1.165) is 6.08 Å². The minimum atomic E-state index is -0.708. The summed E-state index contributed by atoms with van der Waals surface area (Å²) in [6.45, 7) is -0.502. The van der Waals surface area contributed by atoms with E-state index < -0.39 is 24.4 Å². The SMILES string of the molecule is NC(=O)c1ccccc1NC(=O)COC(=O)/C=C/c1ccc(Br)o1. The van der Waals surface area contributed by atoms with Crippen molar-refractivity contribution < 1.29 is 23.5 Å². The van der Waals surface area contributed by atoms with Crippen molar-refractivity contribution in [3.8, 4) is 0 Å². The average Bonchev–Trinajstić information content (AvgIpc) is 2.97. The van der Waals surface area contributed by atoms with Crippen LogP contribution < -0.4 is 11.1 Å². The summed E-state index contributed by atoms with van der Waals surface area (Å²) in [5.74, 6) is -1.51. The Morgan fingerprint density at radius 1 is 1.21 bits per heavy atom. The average molecular weight is 393 g/mol. The second-order valence-electron chi connectivity index (χ2n) is 4.54. The summed E-state index contributed by atoms with van der Waals surface area (Å²) in [5.41, 5.74) is 5.63. The van der Waals surface area contributed by atoms with Gasteiger partial charge in [0, 0.05) is 6.08 Å². The van der Waals surface area contributed by atoms with Gasteiger partial charge in [-0.2, -0.15) is 0 Å². The monoisotopic (exact) mass is 392 g/mol. The maximum absolute atomic E-state index is 11.8. The molecule has 0 radical (unpaired) electrons. The zero-order valence-electron chi connectivity index (χ0n) is 12.3. The summed E-state index contributed by atoms with van der Waals surface area (Å²) in [4.78, 5) is 34.6. The number of carbonyl (C=O) groups excluding carboxylic acids is 3. The van der Waals surface area contributed by atoms with Crippen LogP contribution in [0.5, 0.6) is 0 Å². The van der Waals surface area contributed by atoms with Crippen LogP contribution in [0.2, 0.25) is 0 Å². The molecule has 2 aromatic rings. The van der Waals surface area contributed by atoms with E-state index in [-0.39, 0.29) is 11.3 Å². The van der Waals surface area contributed by atoms with Crippen LogP contribution in [0.1, 0.15) is 16.1 Å². The van der Waals surface area contributed by atoms with Crippen LogP contribution in [-0.2, 0) is 14.3 Å². The minimum absolute atomic E-state index is 0.167. The van der Waals surface area contributed by atoms with Gasteiger partial charge in [0.2, 0.25) is 0 Å². The Morgan fingerprint density at radius 3 is 2.62 bits per heavy atom. The second-order valence-corrected chi connectivity index (χ2v) is 5.32. The molecule has 0 fully saturated rings. The highest BCUT2D eigenvalue weighted by Crippen LogP contribution is 2.15. The maximum atomic E-state index is 11.8. The number of para-hydroxylation sites is 1. The van der Waals surface area contributed by atoms with Crippen LogP contribution in [0.15, 0.2) is 51.6 Å². The summed E-state index contributed by atoms with van der Waals surface area (Å²) in [6, 6.07) is 9.59. The lowest BCUT2D eigenvalue weighted by Crippen LogP contribution is -2.22. The molecule has 0 spiro atoms. The van der Waals surface area contributed by atoms with Gasteiger partial charge in [0.25, 0.3) is 11.8 Å². The number of carbonyl (C=O) groups is 3. The molecule has 24 heavy (non-hydrogen) atoms. The third-order valence-electron chi connectivity index (χ3n) is 2.79.